The minimum atomic E-state index is -0.224. The third kappa shape index (κ3) is 3.71. The van der Waals surface area contributed by atoms with Crippen LogP contribution in [0.1, 0.15) is 39.0 Å². The summed E-state index contributed by atoms with van der Waals surface area (Å²) in [6.07, 6.45) is 5.11. The first-order valence-electron chi connectivity index (χ1n) is 7.88. The van der Waals surface area contributed by atoms with Crippen LogP contribution in [0.5, 0.6) is 0 Å². The van der Waals surface area contributed by atoms with Gasteiger partial charge in [-0.2, -0.15) is 0 Å². The van der Waals surface area contributed by atoms with Gasteiger partial charge in [0.1, 0.15) is 0 Å². The van der Waals surface area contributed by atoms with E-state index in [2.05, 4.69) is 0 Å². The number of carbonyl (C=O) groups excluding carboxylic acids is 1. The average molecular weight is 284 g/mol. The molecule has 1 aliphatic carbocycles. The van der Waals surface area contributed by atoms with E-state index in [9.17, 15) is 9.90 Å². The van der Waals surface area contributed by atoms with Gasteiger partial charge in [-0.05, 0) is 38.6 Å². The van der Waals surface area contributed by atoms with Crippen LogP contribution in [-0.2, 0) is 9.53 Å². The normalized spacial score (nSPS) is 35.0. The van der Waals surface area contributed by atoms with E-state index in [1.165, 1.54) is 6.42 Å². The number of ether oxygens (including phenoxy) is 1. The quantitative estimate of drug-likeness (QED) is 0.799. The van der Waals surface area contributed by atoms with Gasteiger partial charge in [0.05, 0.1) is 25.4 Å². The van der Waals surface area contributed by atoms with E-state index in [1.807, 2.05) is 11.8 Å². The molecule has 0 bridgehead atoms. The van der Waals surface area contributed by atoms with Crippen LogP contribution in [-0.4, -0.2) is 54.4 Å². The Hall–Kier alpha value is -0.650. The molecule has 5 heteroatoms. The molecule has 1 heterocycles. The van der Waals surface area contributed by atoms with Crippen molar-refractivity contribution in [3.63, 3.8) is 0 Å². The van der Waals surface area contributed by atoms with Gasteiger partial charge < -0.3 is 20.5 Å². The lowest BCUT2D eigenvalue weighted by atomic mass is 9.79. The molecule has 1 aliphatic heterocycles. The fourth-order valence-electron chi connectivity index (χ4n) is 3.48. The number of amides is 1. The molecule has 2 aliphatic rings. The van der Waals surface area contributed by atoms with Gasteiger partial charge in [0.2, 0.25) is 5.91 Å². The van der Waals surface area contributed by atoms with E-state index < -0.39 is 0 Å². The van der Waals surface area contributed by atoms with Crippen LogP contribution in [0.25, 0.3) is 0 Å². The van der Waals surface area contributed by atoms with Crippen molar-refractivity contribution in [1.29, 1.82) is 0 Å². The summed E-state index contributed by atoms with van der Waals surface area (Å²) in [6.45, 7) is 3.76. The summed E-state index contributed by atoms with van der Waals surface area (Å²) < 4.78 is 5.51. The minimum Gasteiger partial charge on any atom is -0.394 e. The van der Waals surface area contributed by atoms with Crippen molar-refractivity contribution >= 4 is 5.91 Å². The van der Waals surface area contributed by atoms with Gasteiger partial charge in [0.15, 0.2) is 0 Å². The Kier molecular flexibility index (Phi) is 5.81. The molecule has 4 unspecified atom stereocenters. The number of nitrogens with two attached hydrogens (primary N) is 1. The summed E-state index contributed by atoms with van der Waals surface area (Å²) in [7, 11) is 0. The van der Waals surface area contributed by atoms with Crippen LogP contribution < -0.4 is 5.73 Å². The van der Waals surface area contributed by atoms with Crippen molar-refractivity contribution in [1.82, 2.24) is 4.90 Å². The zero-order valence-corrected chi connectivity index (χ0v) is 12.5. The Morgan fingerprint density at radius 2 is 2.25 bits per heavy atom. The number of carbonyl (C=O) groups is 1. The lowest BCUT2D eigenvalue weighted by Crippen LogP contribution is -2.54. The Balaban J connectivity index is 1.94. The lowest BCUT2D eigenvalue weighted by molar-refractivity contribution is -0.152. The Morgan fingerprint density at radius 3 is 2.95 bits per heavy atom. The number of hydrogen-bond donors (Lipinski definition) is 2. The molecule has 1 amide bonds. The SMILES string of the molecule is CC1COC(CO)CN1C(=O)C1CCCC(CCN)C1. The highest BCUT2D eigenvalue weighted by Gasteiger charge is 2.35. The third-order valence-electron chi connectivity index (χ3n) is 4.70. The average Bonchev–Trinajstić information content (AvgIpc) is 2.48. The van der Waals surface area contributed by atoms with Crippen molar-refractivity contribution < 1.29 is 14.6 Å². The molecule has 2 fully saturated rings. The molecule has 4 atom stereocenters. The second-order valence-electron chi connectivity index (χ2n) is 6.28. The monoisotopic (exact) mass is 284 g/mol. The van der Waals surface area contributed by atoms with Crippen molar-refractivity contribution in [3.05, 3.63) is 0 Å². The van der Waals surface area contributed by atoms with E-state index in [-0.39, 0.29) is 30.6 Å². The highest BCUT2D eigenvalue weighted by atomic mass is 16.5. The summed E-state index contributed by atoms with van der Waals surface area (Å²) in [6, 6.07) is 0.111. The maximum Gasteiger partial charge on any atom is 0.226 e. The maximum atomic E-state index is 12.7. The van der Waals surface area contributed by atoms with E-state index in [0.29, 0.717) is 25.6 Å². The molecule has 0 radical (unpaired) electrons. The number of aliphatic hydroxyl groups excluding tert-OH is 1. The molecule has 0 spiro atoms. The first-order chi connectivity index (χ1) is 9.65. The molecule has 20 heavy (non-hydrogen) atoms. The summed E-state index contributed by atoms with van der Waals surface area (Å²) in [5, 5.41) is 9.22. The molecule has 5 nitrogen and oxygen atoms in total. The summed E-state index contributed by atoms with van der Waals surface area (Å²) in [5.41, 5.74) is 5.64. The zero-order chi connectivity index (χ0) is 14.5. The molecule has 1 saturated carbocycles. The van der Waals surface area contributed by atoms with Crippen LogP contribution in [0.15, 0.2) is 0 Å². The van der Waals surface area contributed by atoms with Gasteiger partial charge in [-0.15, -0.1) is 0 Å². The van der Waals surface area contributed by atoms with Gasteiger partial charge >= 0.3 is 0 Å². The molecule has 0 aromatic carbocycles. The fourth-order valence-corrected chi connectivity index (χ4v) is 3.48. The number of morpholine rings is 1. The Labute approximate surface area is 121 Å². The predicted molar refractivity (Wildman–Crippen MR) is 77.1 cm³/mol. The van der Waals surface area contributed by atoms with Crippen LogP contribution >= 0.6 is 0 Å². The Bertz CT molecular complexity index is 322. The summed E-state index contributed by atoms with van der Waals surface area (Å²) in [5.74, 6) is 0.994. The van der Waals surface area contributed by atoms with E-state index in [4.69, 9.17) is 10.5 Å². The van der Waals surface area contributed by atoms with E-state index in [1.54, 1.807) is 0 Å². The van der Waals surface area contributed by atoms with Crippen LogP contribution in [0.3, 0.4) is 0 Å². The highest BCUT2D eigenvalue weighted by molar-refractivity contribution is 5.79. The third-order valence-corrected chi connectivity index (χ3v) is 4.70. The van der Waals surface area contributed by atoms with Gasteiger partial charge in [0, 0.05) is 12.5 Å². The molecule has 0 aromatic heterocycles. The van der Waals surface area contributed by atoms with Crippen LogP contribution in [0, 0.1) is 11.8 Å². The number of rotatable bonds is 4. The van der Waals surface area contributed by atoms with Crippen LogP contribution in [0.2, 0.25) is 0 Å². The van der Waals surface area contributed by atoms with Crippen molar-refractivity contribution in [2.24, 2.45) is 17.6 Å². The van der Waals surface area contributed by atoms with Gasteiger partial charge in [-0.1, -0.05) is 12.8 Å². The number of nitrogens with zero attached hydrogens (tertiary/aromatic N) is 1. The smallest absolute Gasteiger partial charge is 0.226 e. The van der Waals surface area contributed by atoms with Gasteiger partial charge in [0.25, 0.3) is 0 Å². The molecule has 116 valence electrons. The molecular weight excluding hydrogens is 256 g/mol. The van der Waals surface area contributed by atoms with Crippen molar-refractivity contribution in [3.8, 4) is 0 Å². The maximum absolute atomic E-state index is 12.7. The molecular formula is C15H28N2O3. The van der Waals surface area contributed by atoms with Crippen LogP contribution in [0.4, 0.5) is 0 Å². The summed E-state index contributed by atoms with van der Waals surface area (Å²) >= 11 is 0. The largest absolute Gasteiger partial charge is 0.394 e. The predicted octanol–water partition coefficient (Wildman–Crippen LogP) is 0.750. The highest BCUT2D eigenvalue weighted by Crippen LogP contribution is 2.32. The molecule has 2 rings (SSSR count). The topological polar surface area (TPSA) is 75.8 Å². The Morgan fingerprint density at radius 1 is 1.45 bits per heavy atom. The first kappa shape index (κ1) is 15.7. The van der Waals surface area contributed by atoms with Crippen molar-refractivity contribution in [2.45, 2.75) is 51.2 Å². The van der Waals surface area contributed by atoms with Gasteiger partial charge in [-0.3, -0.25) is 4.79 Å². The number of aliphatic hydroxyl groups is 1. The zero-order valence-electron chi connectivity index (χ0n) is 12.5. The second kappa shape index (κ2) is 7.38. The van der Waals surface area contributed by atoms with E-state index in [0.717, 1.165) is 25.7 Å². The van der Waals surface area contributed by atoms with Gasteiger partial charge in [-0.25, -0.2) is 0 Å². The molecule has 0 aromatic rings. The standard InChI is InChI=1S/C15H28N2O3/c1-11-10-20-14(9-18)8-17(11)15(19)13-4-2-3-12(7-13)5-6-16/h11-14,18H,2-10,16H2,1H3. The number of hydrogen-bond acceptors (Lipinski definition) is 4. The second-order valence-corrected chi connectivity index (χ2v) is 6.28. The molecule has 1 saturated heterocycles. The summed E-state index contributed by atoms with van der Waals surface area (Å²) in [4.78, 5) is 14.6. The van der Waals surface area contributed by atoms with E-state index >= 15 is 0 Å². The van der Waals surface area contributed by atoms with Crippen molar-refractivity contribution in [2.75, 3.05) is 26.3 Å². The minimum absolute atomic E-state index is 0.0169. The molecule has 3 N–H and O–H groups in total. The first-order valence-corrected chi connectivity index (χ1v) is 7.88. The lowest BCUT2D eigenvalue weighted by Gasteiger charge is -2.40. The fraction of sp³-hybridized carbons (Fsp3) is 0.933.